The standard InChI is InChI=1S/C8H13BrO2/c1-3-7(5-6-9)8(10)11-4-2/h5H,3-4,6H2,1-2H3/b7-5+. The summed E-state index contributed by atoms with van der Waals surface area (Å²) in [6, 6.07) is 0. The van der Waals surface area contributed by atoms with Gasteiger partial charge in [-0.15, -0.1) is 0 Å². The van der Waals surface area contributed by atoms with Gasteiger partial charge in [-0.2, -0.15) is 0 Å². The van der Waals surface area contributed by atoms with E-state index in [1.54, 1.807) is 6.92 Å². The Kier molecular flexibility index (Phi) is 6.22. The lowest BCUT2D eigenvalue weighted by Gasteiger charge is -2.02. The number of esters is 1. The lowest BCUT2D eigenvalue weighted by Crippen LogP contribution is -2.07. The van der Waals surface area contributed by atoms with E-state index in [1.807, 2.05) is 13.0 Å². The highest BCUT2D eigenvalue weighted by Crippen LogP contribution is 2.04. The van der Waals surface area contributed by atoms with E-state index in [0.29, 0.717) is 11.9 Å². The molecule has 0 aliphatic rings. The smallest absolute Gasteiger partial charge is 0.333 e. The van der Waals surface area contributed by atoms with E-state index in [-0.39, 0.29) is 5.97 Å². The number of ether oxygens (including phenoxy) is 1. The van der Waals surface area contributed by atoms with Gasteiger partial charge in [-0.25, -0.2) is 4.79 Å². The van der Waals surface area contributed by atoms with Crippen LogP contribution in [-0.4, -0.2) is 17.9 Å². The van der Waals surface area contributed by atoms with Crippen LogP contribution < -0.4 is 0 Å². The minimum Gasteiger partial charge on any atom is -0.463 e. The van der Waals surface area contributed by atoms with Crippen LogP contribution in [-0.2, 0) is 9.53 Å². The number of alkyl halides is 1. The predicted octanol–water partition coefficient (Wildman–Crippen LogP) is 2.28. The van der Waals surface area contributed by atoms with Gasteiger partial charge in [0.2, 0.25) is 0 Å². The largest absolute Gasteiger partial charge is 0.463 e. The highest BCUT2D eigenvalue weighted by Gasteiger charge is 2.05. The fourth-order valence-corrected chi connectivity index (χ4v) is 1.08. The Bertz CT molecular complexity index is 152. The molecule has 0 fully saturated rings. The third-order valence-corrected chi connectivity index (χ3v) is 1.57. The fourth-order valence-electron chi connectivity index (χ4n) is 0.689. The molecule has 0 amide bonds. The maximum Gasteiger partial charge on any atom is 0.333 e. The molecule has 2 nitrogen and oxygen atoms in total. The summed E-state index contributed by atoms with van der Waals surface area (Å²) in [5.41, 5.74) is 0.740. The molecule has 0 heterocycles. The van der Waals surface area contributed by atoms with Crippen molar-refractivity contribution < 1.29 is 9.53 Å². The summed E-state index contributed by atoms with van der Waals surface area (Å²) in [6.07, 6.45) is 2.56. The fraction of sp³-hybridized carbons (Fsp3) is 0.625. The zero-order valence-corrected chi connectivity index (χ0v) is 8.48. The first kappa shape index (κ1) is 10.7. The summed E-state index contributed by atoms with van der Waals surface area (Å²) in [6.45, 7) is 4.18. The number of rotatable bonds is 4. The first-order valence-corrected chi connectivity index (χ1v) is 4.80. The molecule has 0 aromatic rings. The molecule has 0 bridgehead atoms. The van der Waals surface area contributed by atoms with E-state index in [9.17, 15) is 4.79 Å². The maximum absolute atomic E-state index is 11.1. The summed E-state index contributed by atoms with van der Waals surface area (Å²) in [4.78, 5) is 11.1. The number of carbonyl (C=O) groups is 1. The number of hydrogen-bond donors (Lipinski definition) is 0. The molecule has 0 N–H and O–H groups in total. The molecule has 0 spiro atoms. The first-order valence-electron chi connectivity index (χ1n) is 3.68. The van der Waals surface area contributed by atoms with Crippen molar-refractivity contribution in [3.63, 3.8) is 0 Å². The Morgan fingerprint density at radius 3 is 2.55 bits per heavy atom. The topological polar surface area (TPSA) is 26.3 Å². The molecule has 0 saturated carbocycles. The number of carbonyl (C=O) groups excluding carboxylic acids is 1. The molecule has 64 valence electrons. The number of allylic oxidation sites excluding steroid dienone is 1. The summed E-state index contributed by atoms with van der Waals surface area (Å²) in [5, 5.41) is 0.703. The van der Waals surface area contributed by atoms with Crippen LogP contribution in [0.2, 0.25) is 0 Å². The van der Waals surface area contributed by atoms with Crippen LogP contribution in [0.1, 0.15) is 20.3 Å². The summed E-state index contributed by atoms with van der Waals surface area (Å²) in [7, 11) is 0. The lowest BCUT2D eigenvalue weighted by atomic mass is 10.2. The Morgan fingerprint density at radius 2 is 2.18 bits per heavy atom. The molecule has 0 saturated heterocycles. The van der Waals surface area contributed by atoms with Crippen molar-refractivity contribution in [3.8, 4) is 0 Å². The van der Waals surface area contributed by atoms with Crippen LogP contribution in [0.5, 0.6) is 0 Å². The third kappa shape index (κ3) is 4.19. The van der Waals surface area contributed by atoms with Gasteiger partial charge in [-0.3, -0.25) is 0 Å². The van der Waals surface area contributed by atoms with Gasteiger partial charge in [0, 0.05) is 10.9 Å². The molecule has 0 aromatic heterocycles. The molecular formula is C8H13BrO2. The zero-order chi connectivity index (χ0) is 8.69. The van der Waals surface area contributed by atoms with Gasteiger partial charge >= 0.3 is 5.97 Å². The van der Waals surface area contributed by atoms with Crippen LogP contribution >= 0.6 is 15.9 Å². The van der Waals surface area contributed by atoms with E-state index in [4.69, 9.17) is 4.74 Å². The Balaban J connectivity index is 4.03. The van der Waals surface area contributed by atoms with Crippen LogP contribution in [0.15, 0.2) is 11.6 Å². The molecular weight excluding hydrogens is 208 g/mol. The van der Waals surface area contributed by atoms with Gasteiger partial charge < -0.3 is 4.74 Å². The normalized spacial score (nSPS) is 11.4. The van der Waals surface area contributed by atoms with Crippen molar-refractivity contribution >= 4 is 21.9 Å². The van der Waals surface area contributed by atoms with Crippen molar-refractivity contribution in [1.82, 2.24) is 0 Å². The molecule has 0 radical (unpaired) electrons. The zero-order valence-electron chi connectivity index (χ0n) is 6.89. The van der Waals surface area contributed by atoms with Gasteiger partial charge in [-0.1, -0.05) is 28.9 Å². The number of hydrogen-bond acceptors (Lipinski definition) is 2. The quantitative estimate of drug-likeness (QED) is 0.413. The molecule has 3 heteroatoms. The average molecular weight is 221 g/mol. The van der Waals surface area contributed by atoms with Gasteiger partial charge in [0.1, 0.15) is 0 Å². The average Bonchev–Trinajstić information content (AvgIpc) is 2.00. The van der Waals surface area contributed by atoms with Gasteiger partial charge in [0.25, 0.3) is 0 Å². The lowest BCUT2D eigenvalue weighted by molar-refractivity contribution is -0.138. The van der Waals surface area contributed by atoms with Crippen molar-refractivity contribution in [3.05, 3.63) is 11.6 Å². The summed E-state index contributed by atoms with van der Waals surface area (Å²) < 4.78 is 4.82. The predicted molar refractivity (Wildman–Crippen MR) is 48.8 cm³/mol. The second kappa shape index (κ2) is 6.40. The SMILES string of the molecule is CCOC(=O)/C(=C/CBr)CC. The third-order valence-electron chi connectivity index (χ3n) is 1.24. The van der Waals surface area contributed by atoms with Gasteiger partial charge in [-0.05, 0) is 13.3 Å². The van der Waals surface area contributed by atoms with Crippen molar-refractivity contribution in [2.45, 2.75) is 20.3 Å². The Labute approximate surface area is 75.7 Å². The van der Waals surface area contributed by atoms with Crippen LogP contribution in [0.25, 0.3) is 0 Å². The van der Waals surface area contributed by atoms with Gasteiger partial charge in [0.05, 0.1) is 6.61 Å². The minimum atomic E-state index is -0.200. The van der Waals surface area contributed by atoms with Crippen LogP contribution in [0.3, 0.4) is 0 Å². The monoisotopic (exact) mass is 220 g/mol. The number of halogens is 1. The molecule has 0 rings (SSSR count). The highest BCUT2D eigenvalue weighted by atomic mass is 79.9. The molecule has 0 atom stereocenters. The van der Waals surface area contributed by atoms with Crippen LogP contribution in [0, 0.1) is 0 Å². The first-order chi connectivity index (χ1) is 5.26. The summed E-state index contributed by atoms with van der Waals surface area (Å²) >= 11 is 3.23. The van der Waals surface area contributed by atoms with Crippen molar-refractivity contribution in [2.24, 2.45) is 0 Å². The molecule has 11 heavy (non-hydrogen) atoms. The van der Waals surface area contributed by atoms with E-state index in [0.717, 1.165) is 12.0 Å². The van der Waals surface area contributed by atoms with E-state index in [2.05, 4.69) is 15.9 Å². The van der Waals surface area contributed by atoms with Crippen LogP contribution in [0.4, 0.5) is 0 Å². The van der Waals surface area contributed by atoms with Crippen molar-refractivity contribution in [2.75, 3.05) is 11.9 Å². The second-order valence-corrected chi connectivity index (χ2v) is 2.61. The molecule has 0 aliphatic heterocycles. The van der Waals surface area contributed by atoms with Crippen molar-refractivity contribution in [1.29, 1.82) is 0 Å². The summed E-state index contributed by atoms with van der Waals surface area (Å²) in [5.74, 6) is -0.200. The molecule has 0 unspecified atom stereocenters. The highest BCUT2D eigenvalue weighted by molar-refractivity contribution is 9.09. The Hall–Kier alpha value is -0.310. The minimum absolute atomic E-state index is 0.200. The molecule has 0 aromatic carbocycles. The van der Waals surface area contributed by atoms with E-state index >= 15 is 0 Å². The van der Waals surface area contributed by atoms with Gasteiger partial charge in [0.15, 0.2) is 0 Å². The van der Waals surface area contributed by atoms with E-state index < -0.39 is 0 Å². The maximum atomic E-state index is 11.1. The second-order valence-electron chi connectivity index (χ2n) is 1.96. The Morgan fingerprint density at radius 1 is 1.55 bits per heavy atom. The molecule has 0 aliphatic carbocycles. The van der Waals surface area contributed by atoms with E-state index in [1.165, 1.54) is 0 Å².